The predicted molar refractivity (Wildman–Crippen MR) is 62.8 cm³/mol. The van der Waals surface area contributed by atoms with E-state index in [0.29, 0.717) is 11.6 Å². The molecule has 2 rings (SSSR count). The maximum absolute atomic E-state index is 9.46. The summed E-state index contributed by atoms with van der Waals surface area (Å²) in [5.74, 6) is 1.10. The highest BCUT2D eigenvalue weighted by atomic mass is 16.5. The van der Waals surface area contributed by atoms with E-state index in [-0.39, 0.29) is 0 Å². The molecule has 1 atom stereocenters. The van der Waals surface area contributed by atoms with Gasteiger partial charge in [-0.05, 0) is 25.5 Å². The van der Waals surface area contributed by atoms with E-state index in [2.05, 4.69) is 10.1 Å². The van der Waals surface area contributed by atoms with Crippen LogP contribution in [0, 0.1) is 0 Å². The van der Waals surface area contributed by atoms with E-state index < -0.39 is 6.10 Å². The van der Waals surface area contributed by atoms with E-state index in [4.69, 9.17) is 4.74 Å². The zero-order valence-corrected chi connectivity index (χ0v) is 9.87. The number of pyridine rings is 1. The lowest BCUT2D eigenvalue weighted by Crippen LogP contribution is -1.94. The number of hydrogen-bond donors (Lipinski definition) is 1. The summed E-state index contributed by atoms with van der Waals surface area (Å²) in [4.78, 5) is 4.08. The molecule has 0 amide bonds. The Morgan fingerprint density at radius 2 is 2.35 bits per heavy atom. The molecule has 0 aliphatic heterocycles. The summed E-state index contributed by atoms with van der Waals surface area (Å²) in [7, 11) is 0. The number of ether oxygens (including phenoxy) is 1. The maximum atomic E-state index is 9.46. The molecule has 2 aromatic rings. The second-order valence-electron chi connectivity index (χ2n) is 3.74. The summed E-state index contributed by atoms with van der Waals surface area (Å²) < 4.78 is 7.32. The number of rotatable bonds is 4. The van der Waals surface area contributed by atoms with Crippen molar-refractivity contribution in [3.05, 3.63) is 36.3 Å². The van der Waals surface area contributed by atoms with E-state index in [1.54, 1.807) is 42.3 Å². The van der Waals surface area contributed by atoms with Gasteiger partial charge in [-0.15, -0.1) is 0 Å². The molecule has 0 aromatic carbocycles. The SMILES string of the molecule is CCn1cc(Oc2cc([C@@H](C)O)ccn2)cn1. The van der Waals surface area contributed by atoms with E-state index in [1.807, 2.05) is 6.92 Å². The van der Waals surface area contributed by atoms with Crippen molar-refractivity contribution in [3.63, 3.8) is 0 Å². The number of nitrogens with zero attached hydrogens (tertiary/aromatic N) is 3. The quantitative estimate of drug-likeness (QED) is 0.878. The molecule has 0 saturated heterocycles. The van der Waals surface area contributed by atoms with Gasteiger partial charge in [0, 0.05) is 18.8 Å². The Hall–Kier alpha value is -1.88. The number of aliphatic hydroxyl groups is 1. The molecular weight excluding hydrogens is 218 g/mol. The molecule has 5 nitrogen and oxygen atoms in total. The van der Waals surface area contributed by atoms with Crippen LogP contribution in [0.2, 0.25) is 0 Å². The van der Waals surface area contributed by atoms with Crippen molar-refractivity contribution in [2.24, 2.45) is 0 Å². The highest BCUT2D eigenvalue weighted by Crippen LogP contribution is 2.21. The van der Waals surface area contributed by atoms with Crippen LogP contribution < -0.4 is 4.74 Å². The summed E-state index contributed by atoms with van der Waals surface area (Å²) in [5.41, 5.74) is 0.776. The minimum absolute atomic E-state index is 0.457. The Bertz CT molecular complexity index is 494. The van der Waals surface area contributed by atoms with E-state index in [9.17, 15) is 5.11 Å². The first kappa shape index (κ1) is 11.6. The Morgan fingerprint density at radius 1 is 1.53 bits per heavy atom. The molecule has 0 fully saturated rings. The van der Waals surface area contributed by atoms with Gasteiger partial charge in [0.05, 0.1) is 18.5 Å². The third-order valence-electron chi connectivity index (χ3n) is 2.40. The van der Waals surface area contributed by atoms with E-state index in [0.717, 1.165) is 12.1 Å². The second-order valence-corrected chi connectivity index (χ2v) is 3.74. The van der Waals surface area contributed by atoms with Gasteiger partial charge in [0.2, 0.25) is 5.88 Å². The molecule has 5 heteroatoms. The van der Waals surface area contributed by atoms with Crippen molar-refractivity contribution in [2.45, 2.75) is 26.5 Å². The zero-order valence-electron chi connectivity index (χ0n) is 9.87. The van der Waals surface area contributed by atoms with Crippen LogP contribution in [-0.4, -0.2) is 19.9 Å². The van der Waals surface area contributed by atoms with Gasteiger partial charge in [0.1, 0.15) is 0 Å². The van der Waals surface area contributed by atoms with E-state index in [1.165, 1.54) is 0 Å². The minimum Gasteiger partial charge on any atom is -0.436 e. The number of aromatic nitrogens is 3. The average Bonchev–Trinajstić information content (AvgIpc) is 2.77. The van der Waals surface area contributed by atoms with Crippen LogP contribution in [0.15, 0.2) is 30.7 Å². The van der Waals surface area contributed by atoms with Crippen LogP contribution >= 0.6 is 0 Å². The topological polar surface area (TPSA) is 60.2 Å². The molecule has 0 spiro atoms. The van der Waals surface area contributed by atoms with Gasteiger partial charge in [0.15, 0.2) is 5.75 Å². The van der Waals surface area contributed by atoms with E-state index >= 15 is 0 Å². The number of hydrogen-bond acceptors (Lipinski definition) is 4. The highest BCUT2D eigenvalue weighted by Gasteiger charge is 2.05. The molecule has 0 aliphatic rings. The van der Waals surface area contributed by atoms with Crippen molar-refractivity contribution in [1.29, 1.82) is 0 Å². The fraction of sp³-hybridized carbons (Fsp3) is 0.333. The third-order valence-corrected chi connectivity index (χ3v) is 2.40. The smallest absolute Gasteiger partial charge is 0.219 e. The lowest BCUT2D eigenvalue weighted by Gasteiger charge is -2.06. The van der Waals surface area contributed by atoms with Gasteiger partial charge in [-0.2, -0.15) is 5.10 Å². The van der Waals surface area contributed by atoms with Gasteiger partial charge < -0.3 is 9.84 Å². The summed E-state index contributed by atoms with van der Waals surface area (Å²) in [6.45, 7) is 4.50. The Labute approximate surface area is 99.7 Å². The summed E-state index contributed by atoms with van der Waals surface area (Å²) in [5, 5.41) is 13.6. The summed E-state index contributed by atoms with van der Waals surface area (Å²) in [6.07, 6.45) is 4.53. The van der Waals surface area contributed by atoms with Gasteiger partial charge in [-0.1, -0.05) is 0 Å². The van der Waals surface area contributed by atoms with Crippen molar-refractivity contribution < 1.29 is 9.84 Å². The monoisotopic (exact) mass is 233 g/mol. The van der Waals surface area contributed by atoms with Crippen LogP contribution in [0.4, 0.5) is 0 Å². The lowest BCUT2D eigenvalue weighted by atomic mass is 10.2. The van der Waals surface area contributed by atoms with Crippen LogP contribution in [0.5, 0.6) is 11.6 Å². The molecule has 1 N–H and O–H groups in total. The zero-order chi connectivity index (χ0) is 12.3. The van der Waals surface area contributed by atoms with Gasteiger partial charge in [-0.3, -0.25) is 4.68 Å². The molecule has 0 unspecified atom stereocenters. The lowest BCUT2D eigenvalue weighted by molar-refractivity contribution is 0.198. The average molecular weight is 233 g/mol. The van der Waals surface area contributed by atoms with Crippen molar-refractivity contribution in [2.75, 3.05) is 0 Å². The van der Waals surface area contributed by atoms with Gasteiger partial charge >= 0.3 is 0 Å². The molecule has 2 aromatic heterocycles. The molecular formula is C12H15N3O2. The largest absolute Gasteiger partial charge is 0.436 e. The van der Waals surface area contributed by atoms with Crippen LogP contribution in [0.3, 0.4) is 0 Å². The molecule has 2 heterocycles. The molecule has 0 saturated carbocycles. The Morgan fingerprint density at radius 3 is 3.00 bits per heavy atom. The molecule has 0 radical (unpaired) electrons. The molecule has 0 bridgehead atoms. The van der Waals surface area contributed by atoms with Crippen LogP contribution in [0.1, 0.15) is 25.5 Å². The first-order valence-corrected chi connectivity index (χ1v) is 5.53. The highest BCUT2D eigenvalue weighted by molar-refractivity contribution is 5.26. The Balaban J connectivity index is 2.15. The van der Waals surface area contributed by atoms with Crippen molar-refractivity contribution in [3.8, 4) is 11.6 Å². The number of aliphatic hydroxyl groups excluding tert-OH is 1. The maximum Gasteiger partial charge on any atom is 0.219 e. The first-order chi connectivity index (χ1) is 8.19. The molecule has 0 aliphatic carbocycles. The fourth-order valence-corrected chi connectivity index (χ4v) is 1.43. The minimum atomic E-state index is -0.529. The summed E-state index contributed by atoms with van der Waals surface area (Å²) >= 11 is 0. The fourth-order valence-electron chi connectivity index (χ4n) is 1.43. The van der Waals surface area contributed by atoms with Crippen LogP contribution in [0.25, 0.3) is 0 Å². The predicted octanol–water partition coefficient (Wildman–Crippen LogP) is 2.14. The van der Waals surface area contributed by atoms with Gasteiger partial charge in [0.25, 0.3) is 0 Å². The standard InChI is InChI=1S/C12H15N3O2/c1-3-15-8-11(7-14-15)17-12-6-10(9(2)16)4-5-13-12/h4-9,16H,3H2,1-2H3/t9-/m1/s1. The Kier molecular flexibility index (Phi) is 3.39. The van der Waals surface area contributed by atoms with Crippen molar-refractivity contribution >= 4 is 0 Å². The normalized spacial score (nSPS) is 12.4. The molecule has 90 valence electrons. The molecule has 17 heavy (non-hydrogen) atoms. The number of aryl methyl sites for hydroxylation is 1. The third kappa shape index (κ3) is 2.82. The first-order valence-electron chi connectivity index (χ1n) is 5.53. The van der Waals surface area contributed by atoms with Crippen LogP contribution in [-0.2, 0) is 6.54 Å². The summed E-state index contributed by atoms with van der Waals surface area (Å²) in [6, 6.07) is 3.47. The second kappa shape index (κ2) is 4.97. The van der Waals surface area contributed by atoms with Gasteiger partial charge in [-0.25, -0.2) is 4.98 Å². The van der Waals surface area contributed by atoms with Crippen molar-refractivity contribution in [1.82, 2.24) is 14.8 Å².